The van der Waals surface area contributed by atoms with Gasteiger partial charge in [0.15, 0.2) is 14.8 Å². The molecule has 0 aromatic heterocycles. The quantitative estimate of drug-likeness (QED) is 0.401. The molecule has 84 valence electrons. The largest absolute Gasteiger partial charge is 1.00 e. The second-order valence-electron chi connectivity index (χ2n) is 3.51. The molecule has 1 aliphatic carbocycles. The van der Waals surface area contributed by atoms with Crippen molar-refractivity contribution < 1.29 is 56.1 Å². The van der Waals surface area contributed by atoms with E-state index in [9.17, 15) is 26.5 Å². The van der Waals surface area contributed by atoms with Crippen molar-refractivity contribution in [3.8, 4) is 0 Å². The second-order valence-corrected chi connectivity index (χ2v) is 7.35. The average molecular weight is 266 g/mol. The molecule has 15 heavy (non-hydrogen) atoms. The van der Waals surface area contributed by atoms with E-state index in [1.165, 1.54) is 0 Å². The van der Waals surface area contributed by atoms with Crippen LogP contribution >= 0.6 is 0 Å². The summed E-state index contributed by atoms with van der Waals surface area (Å²) in [5.74, 6) is 0. The smallest absolute Gasteiger partial charge is 0.746 e. The van der Waals surface area contributed by atoms with E-state index in [1.807, 2.05) is 0 Å². The van der Waals surface area contributed by atoms with Gasteiger partial charge in [0.05, 0.1) is 0 Å². The van der Waals surface area contributed by atoms with Gasteiger partial charge in [-0.25, -0.2) is 16.8 Å². The van der Waals surface area contributed by atoms with Gasteiger partial charge in [0.25, 0.3) is 0 Å². The van der Waals surface area contributed by atoms with Gasteiger partial charge in [0, 0.05) is 6.26 Å². The molecule has 0 spiro atoms. The summed E-state index contributed by atoms with van der Waals surface area (Å²) in [6.07, 6.45) is 0.738. The molecular formula is C6H11NaO6S2. The van der Waals surface area contributed by atoms with Gasteiger partial charge in [-0.3, -0.25) is 0 Å². The van der Waals surface area contributed by atoms with E-state index >= 15 is 0 Å². The van der Waals surface area contributed by atoms with Crippen molar-refractivity contribution in [2.75, 3.05) is 6.26 Å². The van der Waals surface area contributed by atoms with Crippen LogP contribution in [0.1, 0.15) is 19.3 Å². The maximum atomic E-state index is 11.1. The molecule has 0 amide bonds. The van der Waals surface area contributed by atoms with E-state index in [-0.39, 0.29) is 48.8 Å². The maximum absolute atomic E-state index is 11.1. The van der Waals surface area contributed by atoms with Gasteiger partial charge in [0.1, 0.15) is 15.4 Å². The van der Waals surface area contributed by atoms with E-state index in [0.29, 0.717) is 0 Å². The first kappa shape index (κ1) is 15.8. The van der Waals surface area contributed by atoms with Crippen LogP contribution in [-0.4, -0.2) is 42.9 Å². The van der Waals surface area contributed by atoms with E-state index in [4.69, 9.17) is 0 Å². The van der Waals surface area contributed by atoms with E-state index in [1.54, 1.807) is 0 Å². The van der Waals surface area contributed by atoms with Crippen molar-refractivity contribution in [2.45, 2.75) is 29.4 Å². The Morgan fingerprint density at radius 1 is 1.33 bits per heavy atom. The molecule has 1 rings (SSSR count). The normalized spacial score (nSPS) is 32.3. The topological polar surface area (TPSA) is 112 Å². The first-order valence-electron chi connectivity index (χ1n) is 3.96. The van der Waals surface area contributed by atoms with Crippen LogP contribution in [0.15, 0.2) is 0 Å². The van der Waals surface area contributed by atoms with E-state index in [0.717, 1.165) is 6.26 Å². The van der Waals surface area contributed by atoms with Crippen LogP contribution < -0.4 is 29.6 Å². The van der Waals surface area contributed by atoms with Crippen molar-refractivity contribution in [3.63, 3.8) is 0 Å². The number of aliphatic hydroxyl groups is 1. The Morgan fingerprint density at radius 3 is 2.07 bits per heavy atom. The fraction of sp³-hybridized carbons (Fsp3) is 1.00. The minimum absolute atomic E-state index is 0. The molecule has 0 aromatic rings. The summed E-state index contributed by atoms with van der Waals surface area (Å²) >= 11 is 0. The van der Waals surface area contributed by atoms with Crippen molar-refractivity contribution in [2.24, 2.45) is 0 Å². The second kappa shape index (κ2) is 4.59. The van der Waals surface area contributed by atoms with Crippen LogP contribution in [0.5, 0.6) is 0 Å². The van der Waals surface area contributed by atoms with Crippen LogP contribution in [0.25, 0.3) is 0 Å². The van der Waals surface area contributed by atoms with Crippen molar-refractivity contribution in [1.82, 2.24) is 0 Å². The molecule has 0 bridgehead atoms. The minimum Gasteiger partial charge on any atom is -0.746 e. The third kappa shape index (κ3) is 2.93. The van der Waals surface area contributed by atoms with Gasteiger partial charge in [0.2, 0.25) is 0 Å². The first-order valence-corrected chi connectivity index (χ1v) is 7.32. The molecule has 1 fully saturated rings. The zero-order valence-electron chi connectivity index (χ0n) is 8.50. The van der Waals surface area contributed by atoms with Gasteiger partial charge in [-0.2, -0.15) is 0 Å². The predicted octanol–water partition coefficient (Wildman–Crippen LogP) is -4.18. The molecule has 0 saturated heterocycles. The molecule has 0 aromatic carbocycles. The molecule has 9 heteroatoms. The Kier molecular flexibility index (Phi) is 4.85. The summed E-state index contributed by atoms with van der Waals surface area (Å²) in [4.78, 5) is -2.64. The van der Waals surface area contributed by atoms with Gasteiger partial charge in [-0.15, -0.1) is 0 Å². The van der Waals surface area contributed by atoms with E-state index < -0.39 is 30.1 Å². The summed E-state index contributed by atoms with van der Waals surface area (Å²) in [5.41, 5.74) is 0. The molecule has 2 unspecified atom stereocenters. The van der Waals surface area contributed by atoms with Gasteiger partial charge < -0.3 is 9.66 Å². The molecule has 1 aliphatic rings. The van der Waals surface area contributed by atoms with Gasteiger partial charge in [-0.05, 0) is 19.3 Å². The molecule has 0 radical (unpaired) electrons. The fourth-order valence-electron chi connectivity index (χ4n) is 1.76. The minimum atomic E-state index is -5.01. The Balaban J connectivity index is 0.00000196. The van der Waals surface area contributed by atoms with Crippen molar-refractivity contribution in [1.29, 1.82) is 0 Å². The SMILES string of the molecule is CS(=O)(=O)C1CCCC1(O)S(=O)(=O)[O-].[Na+]. The molecule has 1 saturated carbocycles. The molecule has 0 aliphatic heterocycles. The van der Waals surface area contributed by atoms with Gasteiger partial charge >= 0.3 is 29.6 Å². The summed E-state index contributed by atoms with van der Waals surface area (Å²) in [5, 5.41) is 8.06. The molecular weight excluding hydrogens is 255 g/mol. The Labute approximate surface area is 111 Å². The third-order valence-electron chi connectivity index (χ3n) is 2.45. The maximum Gasteiger partial charge on any atom is 1.00 e. The number of hydrogen-bond acceptors (Lipinski definition) is 6. The Morgan fingerprint density at radius 2 is 1.80 bits per heavy atom. The predicted molar refractivity (Wildman–Crippen MR) is 47.1 cm³/mol. The van der Waals surface area contributed by atoms with Crippen LogP contribution in [-0.2, 0) is 20.0 Å². The van der Waals surface area contributed by atoms with E-state index in [2.05, 4.69) is 0 Å². The van der Waals surface area contributed by atoms with Crippen LogP contribution in [0.2, 0.25) is 0 Å². The van der Waals surface area contributed by atoms with Crippen molar-refractivity contribution in [3.05, 3.63) is 0 Å². The number of hydrogen-bond donors (Lipinski definition) is 1. The number of sulfone groups is 1. The molecule has 1 N–H and O–H groups in total. The summed E-state index contributed by atoms with van der Waals surface area (Å²) in [6, 6.07) is 0. The Bertz CT molecular complexity index is 427. The summed E-state index contributed by atoms with van der Waals surface area (Å²) < 4.78 is 54.5. The molecule has 0 heterocycles. The fourth-order valence-corrected chi connectivity index (χ4v) is 4.86. The first-order chi connectivity index (χ1) is 6.09. The average Bonchev–Trinajstić information content (AvgIpc) is 2.28. The van der Waals surface area contributed by atoms with Crippen molar-refractivity contribution >= 4 is 20.0 Å². The summed E-state index contributed by atoms with van der Waals surface area (Å²) in [7, 11) is -8.73. The molecule has 2 atom stereocenters. The van der Waals surface area contributed by atoms with Crippen LogP contribution in [0.3, 0.4) is 0 Å². The zero-order chi connectivity index (χ0) is 11.2. The molecule has 6 nitrogen and oxygen atoms in total. The third-order valence-corrected chi connectivity index (χ3v) is 5.62. The summed E-state index contributed by atoms with van der Waals surface area (Å²) in [6.45, 7) is 0. The standard InChI is InChI=1S/C6H12O6S2.Na/c1-13(8,9)5-3-2-4-6(5,7)14(10,11)12;/h5,7H,2-4H2,1H3,(H,10,11,12);/q;+1/p-1. The monoisotopic (exact) mass is 266 g/mol. The zero-order valence-corrected chi connectivity index (χ0v) is 12.1. The van der Waals surface area contributed by atoms with Gasteiger partial charge in [-0.1, -0.05) is 0 Å². The van der Waals surface area contributed by atoms with Crippen LogP contribution in [0.4, 0.5) is 0 Å². The Hall–Kier alpha value is 0.820. The number of rotatable bonds is 2. The van der Waals surface area contributed by atoms with Crippen LogP contribution in [0, 0.1) is 0 Å².